The highest BCUT2D eigenvalue weighted by Crippen LogP contribution is 2.39. The zero-order valence-electron chi connectivity index (χ0n) is 13.9. The van der Waals surface area contributed by atoms with Gasteiger partial charge in [0.2, 0.25) is 0 Å². The van der Waals surface area contributed by atoms with Crippen LogP contribution in [-0.2, 0) is 9.47 Å². The van der Waals surface area contributed by atoms with Gasteiger partial charge in [0.05, 0.1) is 13.2 Å². The van der Waals surface area contributed by atoms with Gasteiger partial charge < -0.3 is 15.2 Å². The molecule has 1 fully saturated rings. The van der Waals surface area contributed by atoms with Gasteiger partial charge in [-0.25, -0.2) is 0 Å². The number of hydrogen-bond donors (Lipinski definition) is 1. The van der Waals surface area contributed by atoms with E-state index in [9.17, 15) is 0 Å². The first-order valence-corrected chi connectivity index (χ1v) is 7.99. The fourth-order valence-electron chi connectivity index (χ4n) is 3.60. The van der Waals surface area contributed by atoms with Crippen LogP contribution >= 0.6 is 0 Å². The maximum atomic E-state index is 6.16. The van der Waals surface area contributed by atoms with E-state index in [2.05, 4.69) is 18.7 Å². The fourth-order valence-corrected chi connectivity index (χ4v) is 3.60. The van der Waals surface area contributed by atoms with Crippen molar-refractivity contribution in [2.45, 2.75) is 45.6 Å². The molecule has 0 amide bonds. The highest BCUT2D eigenvalue weighted by molar-refractivity contribution is 4.90. The van der Waals surface area contributed by atoms with Crippen LogP contribution in [0.3, 0.4) is 0 Å². The van der Waals surface area contributed by atoms with Gasteiger partial charge in [-0.3, -0.25) is 4.90 Å². The molecule has 0 aromatic heterocycles. The van der Waals surface area contributed by atoms with Gasteiger partial charge in [0.15, 0.2) is 0 Å². The van der Waals surface area contributed by atoms with E-state index < -0.39 is 0 Å². The van der Waals surface area contributed by atoms with Gasteiger partial charge in [-0.1, -0.05) is 19.8 Å². The molecule has 0 aromatic carbocycles. The maximum absolute atomic E-state index is 6.16. The molecule has 20 heavy (non-hydrogen) atoms. The molecule has 1 aliphatic carbocycles. The number of methoxy groups -OCH3 is 2. The van der Waals surface area contributed by atoms with Crippen LogP contribution in [0.5, 0.6) is 0 Å². The predicted molar refractivity (Wildman–Crippen MR) is 83.9 cm³/mol. The van der Waals surface area contributed by atoms with Gasteiger partial charge in [0.1, 0.15) is 0 Å². The van der Waals surface area contributed by atoms with Gasteiger partial charge >= 0.3 is 0 Å². The zero-order chi connectivity index (χ0) is 15.0. The Bertz CT molecular complexity index is 263. The standard InChI is InChI=1S/C16H34N2O2/c1-14-6-5-7-16(10-14,12-17)13-18(8-9-19-3)15(2)11-20-4/h14-15H,5-13,17H2,1-4H3. The molecule has 1 rings (SSSR count). The third-order valence-corrected chi connectivity index (χ3v) is 4.77. The first-order chi connectivity index (χ1) is 9.56. The zero-order valence-corrected chi connectivity index (χ0v) is 13.9. The third-order valence-electron chi connectivity index (χ3n) is 4.77. The molecule has 120 valence electrons. The van der Waals surface area contributed by atoms with Crippen LogP contribution < -0.4 is 5.73 Å². The Morgan fingerprint density at radius 1 is 1.35 bits per heavy atom. The molecule has 1 saturated carbocycles. The summed E-state index contributed by atoms with van der Waals surface area (Å²) in [4.78, 5) is 2.50. The second-order valence-electron chi connectivity index (χ2n) is 6.67. The minimum Gasteiger partial charge on any atom is -0.383 e. The monoisotopic (exact) mass is 286 g/mol. The summed E-state index contributed by atoms with van der Waals surface area (Å²) in [6, 6.07) is 0.413. The normalized spacial score (nSPS) is 28.8. The van der Waals surface area contributed by atoms with Crippen molar-refractivity contribution in [2.75, 3.05) is 47.1 Å². The third kappa shape index (κ3) is 5.32. The molecule has 2 N–H and O–H groups in total. The van der Waals surface area contributed by atoms with Crippen molar-refractivity contribution in [1.82, 2.24) is 4.90 Å². The summed E-state index contributed by atoms with van der Waals surface area (Å²) in [6.07, 6.45) is 5.19. The van der Waals surface area contributed by atoms with E-state index in [4.69, 9.17) is 15.2 Å². The van der Waals surface area contributed by atoms with E-state index in [1.54, 1.807) is 14.2 Å². The lowest BCUT2D eigenvalue weighted by atomic mass is 9.69. The summed E-state index contributed by atoms with van der Waals surface area (Å²) >= 11 is 0. The molecular weight excluding hydrogens is 252 g/mol. The summed E-state index contributed by atoms with van der Waals surface area (Å²) in [6.45, 7) is 8.95. The molecule has 4 nitrogen and oxygen atoms in total. The molecule has 0 aliphatic heterocycles. The van der Waals surface area contributed by atoms with Crippen LogP contribution in [0.1, 0.15) is 39.5 Å². The van der Waals surface area contributed by atoms with Crippen molar-refractivity contribution in [2.24, 2.45) is 17.1 Å². The van der Waals surface area contributed by atoms with Crippen molar-refractivity contribution in [3.63, 3.8) is 0 Å². The molecule has 0 spiro atoms. The van der Waals surface area contributed by atoms with Gasteiger partial charge in [0, 0.05) is 33.4 Å². The molecule has 0 aromatic rings. The average Bonchev–Trinajstić information content (AvgIpc) is 2.43. The molecule has 3 unspecified atom stereocenters. The van der Waals surface area contributed by atoms with Crippen LogP contribution in [0, 0.1) is 11.3 Å². The Labute approximate surface area is 125 Å². The lowest BCUT2D eigenvalue weighted by Crippen LogP contribution is -2.49. The van der Waals surface area contributed by atoms with E-state index in [0.717, 1.165) is 38.8 Å². The maximum Gasteiger partial charge on any atom is 0.0615 e. The minimum atomic E-state index is 0.285. The molecule has 1 aliphatic rings. The Kier molecular flexibility index (Phi) is 8.03. The smallest absolute Gasteiger partial charge is 0.0615 e. The summed E-state index contributed by atoms with van der Waals surface area (Å²) in [7, 11) is 3.53. The number of nitrogens with zero attached hydrogens (tertiary/aromatic N) is 1. The highest BCUT2D eigenvalue weighted by Gasteiger charge is 2.36. The van der Waals surface area contributed by atoms with Crippen LogP contribution in [0.15, 0.2) is 0 Å². The molecule has 0 heterocycles. The van der Waals surface area contributed by atoms with E-state index in [0.29, 0.717) is 6.04 Å². The minimum absolute atomic E-state index is 0.285. The van der Waals surface area contributed by atoms with E-state index in [-0.39, 0.29) is 5.41 Å². The SMILES string of the molecule is COCCN(CC1(CN)CCCC(C)C1)C(C)COC. The quantitative estimate of drug-likeness (QED) is 0.705. The van der Waals surface area contributed by atoms with Gasteiger partial charge in [-0.2, -0.15) is 0 Å². The first-order valence-electron chi connectivity index (χ1n) is 7.99. The molecule has 4 heteroatoms. The Balaban J connectivity index is 2.68. The van der Waals surface area contributed by atoms with Crippen molar-refractivity contribution in [3.05, 3.63) is 0 Å². The van der Waals surface area contributed by atoms with Gasteiger partial charge in [-0.15, -0.1) is 0 Å². The summed E-state index contributed by atoms with van der Waals surface area (Å²) in [5, 5.41) is 0. The highest BCUT2D eigenvalue weighted by atomic mass is 16.5. The Morgan fingerprint density at radius 2 is 2.10 bits per heavy atom. The van der Waals surface area contributed by atoms with E-state index >= 15 is 0 Å². The van der Waals surface area contributed by atoms with Gasteiger partial charge in [0.25, 0.3) is 0 Å². The summed E-state index contributed by atoms with van der Waals surface area (Å²) in [5.74, 6) is 0.800. The number of ether oxygens (including phenoxy) is 2. The largest absolute Gasteiger partial charge is 0.383 e. The summed E-state index contributed by atoms with van der Waals surface area (Å²) < 4.78 is 10.6. The fraction of sp³-hybridized carbons (Fsp3) is 1.00. The number of nitrogens with two attached hydrogens (primary N) is 1. The predicted octanol–water partition coefficient (Wildman–Crippen LogP) is 2.12. The van der Waals surface area contributed by atoms with Crippen molar-refractivity contribution in [1.29, 1.82) is 0 Å². The molecule has 0 radical (unpaired) electrons. The van der Waals surface area contributed by atoms with Crippen LogP contribution in [0.2, 0.25) is 0 Å². The van der Waals surface area contributed by atoms with Crippen LogP contribution in [0.4, 0.5) is 0 Å². The lowest BCUT2D eigenvalue weighted by molar-refractivity contribution is 0.0249. The lowest BCUT2D eigenvalue weighted by Gasteiger charge is -2.44. The summed E-state index contributed by atoms with van der Waals surface area (Å²) in [5.41, 5.74) is 6.45. The van der Waals surface area contributed by atoms with Crippen LogP contribution in [0.25, 0.3) is 0 Å². The van der Waals surface area contributed by atoms with Crippen molar-refractivity contribution >= 4 is 0 Å². The molecule has 0 saturated heterocycles. The van der Waals surface area contributed by atoms with E-state index in [1.165, 1.54) is 25.7 Å². The Morgan fingerprint density at radius 3 is 2.65 bits per heavy atom. The molecule has 0 bridgehead atoms. The van der Waals surface area contributed by atoms with Crippen LogP contribution in [-0.4, -0.2) is 58.0 Å². The second kappa shape index (κ2) is 8.98. The number of hydrogen-bond acceptors (Lipinski definition) is 4. The molecular formula is C16H34N2O2. The number of rotatable bonds is 9. The van der Waals surface area contributed by atoms with Crippen molar-refractivity contribution < 1.29 is 9.47 Å². The topological polar surface area (TPSA) is 47.7 Å². The van der Waals surface area contributed by atoms with Crippen molar-refractivity contribution in [3.8, 4) is 0 Å². The Hall–Kier alpha value is -0.160. The second-order valence-corrected chi connectivity index (χ2v) is 6.67. The first kappa shape index (κ1) is 17.9. The van der Waals surface area contributed by atoms with E-state index in [1.807, 2.05) is 0 Å². The molecule has 3 atom stereocenters. The average molecular weight is 286 g/mol. The van der Waals surface area contributed by atoms with Gasteiger partial charge in [-0.05, 0) is 37.6 Å².